The number of rotatable bonds is 6. The lowest BCUT2D eigenvalue weighted by molar-refractivity contribution is -0.119. The van der Waals surface area contributed by atoms with Crippen LogP contribution in [0.2, 0.25) is 5.02 Å². The molecule has 2 rings (SSSR count). The van der Waals surface area contributed by atoms with Gasteiger partial charge >= 0.3 is 0 Å². The van der Waals surface area contributed by atoms with Crippen molar-refractivity contribution in [2.75, 3.05) is 5.75 Å². The molecule has 0 radical (unpaired) electrons. The lowest BCUT2D eigenvalue weighted by Gasteiger charge is -2.17. The molecule has 1 heterocycles. The van der Waals surface area contributed by atoms with Crippen LogP contribution < -0.4 is 5.32 Å². The molecule has 0 fully saturated rings. The first kappa shape index (κ1) is 15.9. The predicted octanol–water partition coefficient (Wildman–Crippen LogP) is 3.43. The van der Waals surface area contributed by atoms with Crippen LogP contribution in [0, 0.1) is 0 Å². The maximum absolute atomic E-state index is 12.1. The summed E-state index contributed by atoms with van der Waals surface area (Å²) in [7, 11) is 1.88. The van der Waals surface area contributed by atoms with Gasteiger partial charge in [-0.2, -0.15) is 5.10 Å². The maximum Gasteiger partial charge on any atom is 0.230 e. The van der Waals surface area contributed by atoms with E-state index in [2.05, 4.69) is 10.4 Å². The molecule has 6 heteroatoms. The van der Waals surface area contributed by atoms with Gasteiger partial charge in [0, 0.05) is 23.2 Å². The van der Waals surface area contributed by atoms with Gasteiger partial charge in [0.2, 0.25) is 5.91 Å². The molecule has 0 bridgehead atoms. The Hall–Kier alpha value is -1.46. The fraction of sp³-hybridized carbons (Fsp3) is 0.333. The number of nitrogens with one attached hydrogen (secondary N) is 1. The molecule has 0 aliphatic carbocycles. The van der Waals surface area contributed by atoms with Crippen LogP contribution in [-0.2, 0) is 11.8 Å². The van der Waals surface area contributed by atoms with Crippen LogP contribution >= 0.6 is 23.4 Å². The standard InChI is InChI=1S/C15H18ClN3OS/c1-3-13(14-8-9-17-19(14)2)18-15(20)10-21-12-6-4-11(16)5-7-12/h4-9,13H,3,10H2,1-2H3,(H,18,20)/t13-/m1/s1. The Bertz CT molecular complexity index is 597. The molecule has 1 aromatic carbocycles. The van der Waals surface area contributed by atoms with E-state index in [-0.39, 0.29) is 11.9 Å². The van der Waals surface area contributed by atoms with Gasteiger partial charge in [-0.15, -0.1) is 11.8 Å². The minimum absolute atomic E-state index is 0.00387. The van der Waals surface area contributed by atoms with E-state index >= 15 is 0 Å². The molecule has 1 N–H and O–H groups in total. The van der Waals surface area contributed by atoms with Gasteiger partial charge in [-0.3, -0.25) is 9.48 Å². The second-order valence-corrected chi connectivity index (χ2v) is 6.14. The molecule has 0 saturated carbocycles. The summed E-state index contributed by atoms with van der Waals surface area (Å²) in [5.74, 6) is 0.402. The molecule has 0 spiro atoms. The van der Waals surface area contributed by atoms with E-state index in [1.165, 1.54) is 11.8 Å². The van der Waals surface area contributed by atoms with Crippen LogP contribution in [0.15, 0.2) is 41.4 Å². The van der Waals surface area contributed by atoms with E-state index in [9.17, 15) is 4.79 Å². The van der Waals surface area contributed by atoms with Gasteiger partial charge in [0.15, 0.2) is 0 Å². The zero-order chi connectivity index (χ0) is 15.2. The minimum atomic E-state index is -0.00387. The quantitative estimate of drug-likeness (QED) is 0.828. The number of thioether (sulfide) groups is 1. The molecule has 0 unspecified atom stereocenters. The summed E-state index contributed by atoms with van der Waals surface area (Å²) < 4.78 is 1.79. The van der Waals surface area contributed by atoms with Gasteiger partial charge < -0.3 is 5.32 Å². The number of aromatic nitrogens is 2. The second-order valence-electron chi connectivity index (χ2n) is 4.65. The van der Waals surface area contributed by atoms with Gasteiger partial charge in [-0.25, -0.2) is 0 Å². The fourth-order valence-corrected chi connectivity index (χ4v) is 2.86. The van der Waals surface area contributed by atoms with Gasteiger partial charge in [0.05, 0.1) is 17.5 Å². The lowest BCUT2D eigenvalue weighted by Crippen LogP contribution is -2.30. The number of carbonyl (C=O) groups excluding carboxylic acids is 1. The first-order valence-corrected chi connectivity index (χ1v) is 8.12. The first-order valence-electron chi connectivity index (χ1n) is 6.75. The SMILES string of the molecule is CC[C@@H](NC(=O)CSc1ccc(Cl)cc1)c1ccnn1C. The Balaban J connectivity index is 1.88. The summed E-state index contributed by atoms with van der Waals surface area (Å²) in [5, 5.41) is 7.89. The fourth-order valence-electron chi connectivity index (χ4n) is 2.03. The second kappa shape index (κ2) is 7.52. The van der Waals surface area contributed by atoms with Gasteiger partial charge in [0.1, 0.15) is 0 Å². The topological polar surface area (TPSA) is 46.9 Å². The van der Waals surface area contributed by atoms with E-state index in [0.29, 0.717) is 10.8 Å². The van der Waals surface area contributed by atoms with Crippen molar-refractivity contribution in [3.05, 3.63) is 47.2 Å². The van der Waals surface area contributed by atoms with Crippen molar-refractivity contribution in [3.8, 4) is 0 Å². The predicted molar refractivity (Wildman–Crippen MR) is 86.6 cm³/mol. The highest BCUT2D eigenvalue weighted by molar-refractivity contribution is 8.00. The molecule has 21 heavy (non-hydrogen) atoms. The summed E-state index contributed by atoms with van der Waals surface area (Å²) in [6.45, 7) is 2.05. The molecule has 0 saturated heterocycles. The average Bonchev–Trinajstić information content (AvgIpc) is 2.90. The number of hydrogen-bond donors (Lipinski definition) is 1. The van der Waals surface area contributed by atoms with E-state index in [4.69, 9.17) is 11.6 Å². The molecular formula is C15H18ClN3OS. The highest BCUT2D eigenvalue weighted by atomic mass is 35.5. The average molecular weight is 324 g/mol. The van der Waals surface area contributed by atoms with Crippen LogP contribution in [0.5, 0.6) is 0 Å². The summed E-state index contributed by atoms with van der Waals surface area (Å²) in [5.41, 5.74) is 1.02. The Morgan fingerprint density at radius 3 is 2.67 bits per heavy atom. The van der Waals surface area contributed by atoms with Crippen molar-refractivity contribution >= 4 is 29.3 Å². The van der Waals surface area contributed by atoms with Crippen molar-refractivity contribution in [3.63, 3.8) is 0 Å². The number of aryl methyl sites for hydroxylation is 1. The van der Waals surface area contributed by atoms with Crippen molar-refractivity contribution in [1.82, 2.24) is 15.1 Å². The number of halogens is 1. The van der Waals surface area contributed by atoms with E-state index in [1.54, 1.807) is 10.9 Å². The van der Waals surface area contributed by atoms with Crippen LogP contribution in [0.25, 0.3) is 0 Å². The van der Waals surface area contributed by atoms with Crippen molar-refractivity contribution in [2.45, 2.75) is 24.3 Å². The number of benzene rings is 1. The molecule has 1 amide bonds. The Morgan fingerprint density at radius 2 is 2.10 bits per heavy atom. The van der Waals surface area contributed by atoms with Crippen LogP contribution in [0.4, 0.5) is 0 Å². The highest BCUT2D eigenvalue weighted by Crippen LogP contribution is 2.21. The van der Waals surface area contributed by atoms with E-state index in [1.807, 2.05) is 44.3 Å². The smallest absolute Gasteiger partial charge is 0.230 e. The number of carbonyl (C=O) groups is 1. The third-order valence-corrected chi connectivity index (χ3v) is 4.41. The van der Waals surface area contributed by atoms with Crippen LogP contribution in [0.1, 0.15) is 25.1 Å². The zero-order valence-electron chi connectivity index (χ0n) is 12.0. The van der Waals surface area contributed by atoms with Gasteiger partial charge in [-0.1, -0.05) is 18.5 Å². The summed E-state index contributed by atoms with van der Waals surface area (Å²) in [4.78, 5) is 13.1. The molecule has 0 aliphatic heterocycles. The Labute approximate surface area is 133 Å². The first-order chi connectivity index (χ1) is 10.1. The third kappa shape index (κ3) is 4.51. The normalized spacial score (nSPS) is 12.1. The Kier molecular flexibility index (Phi) is 5.70. The van der Waals surface area contributed by atoms with Crippen LogP contribution in [0.3, 0.4) is 0 Å². The molecule has 2 aromatic rings. The highest BCUT2D eigenvalue weighted by Gasteiger charge is 2.15. The van der Waals surface area contributed by atoms with E-state index in [0.717, 1.165) is 17.0 Å². The molecular weight excluding hydrogens is 306 g/mol. The summed E-state index contributed by atoms with van der Waals surface area (Å²) in [6.07, 6.45) is 2.57. The van der Waals surface area contributed by atoms with E-state index < -0.39 is 0 Å². The molecule has 1 aromatic heterocycles. The third-order valence-electron chi connectivity index (χ3n) is 3.14. The summed E-state index contributed by atoms with van der Waals surface area (Å²) >= 11 is 7.34. The number of nitrogens with zero attached hydrogens (tertiary/aromatic N) is 2. The lowest BCUT2D eigenvalue weighted by atomic mass is 10.1. The minimum Gasteiger partial charge on any atom is -0.347 e. The zero-order valence-corrected chi connectivity index (χ0v) is 13.6. The monoisotopic (exact) mass is 323 g/mol. The van der Waals surface area contributed by atoms with Gasteiger partial charge in [-0.05, 0) is 36.8 Å². The van der Waals surface area contributed by atoms with Crippen molar-refractivity contribution < 1.29 is 4.79 Å². The molecule has 112 valence electrons. The molecule has 0 aliphatic rings. The van der Waals surface area contributed by atoms with Crippen LogP contribution in [-0.4, -0.2) is 21.4 Å². The number of hydrogen-bond acceptors (Lipinski definition) is 3. The largest absolute Gasteiger partial charge is 0.347 e. The molecule has 4 nitrogen and oxygen atoms in total. The number of amides is 1. The van der Waals surface area contributed by atoms with Gasteiger partial charge in [0.25, 0.3) is 0 Å². The van der Waals surface area contributed by atoms with Crippen molar-refractivity contribution in [1.29, 1.82) is 0 Å². The van der Waals surface area contributed by atoms with Crippen molar-refractivity contribution in [2.24, 2.45) is 7.05 Å². The molecule has 1 atom stereocenters. The Morgan fingerprint density at radius 1 is 1.38 bits per heavy atom. The maximum atomic E-state index is 12.1. The summed E-state index contributed by atoms with van der Waals surface area (Å²) in [6, 6.07) is 9.41.